The van der Waals surface area contributed by atoms with E-state index in [1.165, 1.54) is 0 Å². The minimum atomic E-state index is -0.0116. The fourth-order valence-electron chi connectivity index (χ4n) is 0.708. The Kier molecular flexibility index (Phi) is 2.52. The van der Waals surface area contributed by atoms with Crippen LogP contribution in [-0.2, 0) is 0 Å². The van der Waals surface area contributed by atoms with Crippen LogP contribution in [0.3, 0.4) is 0 Å². The minimum absolute atomic E-state index is 0.0116. The van der Waals surface area contributed by atoms with E-state index in [9.17, 15) is 0 Å². The summed E-state index contributed by atoms with van der Waals surface area (Å²) in [5, 5.41) is 7.62. The van der Waals surface area contributed by atoms with Gasteiger partial charge in [-0.15, -0.1) is 0 Å². The summed E-state index contributed by atoms with van der Waals surface area (Å²) in [5.41, 5.74) is 5.81. The zero-order chi connectivity index (χ0) is 8.43. The largest absolute Gasteiger partial charge is 0.384 e. The quantitative estimate of drug-likeness (QED) is 0.568. The molecule has 1 aromatic rings. The Labute approximate surface area is 78.0 Å². The lowest BCUT2D eigenvalue weighted by Gasteiger charge is -2.00. The van der Waals surface area contributed by atoms with Crippen molar-refractivity contribution in [3.63, 3.8) is 0 Å². The van der Waals surface area contributed by atoms with Gasteiger partial charge in [-0.3, -0.25) is 5.41 Å². The first-order valence-corrected chi connectivity index (χ1v) is 4.08. The van der Waals surface area contributed by atoms with Gasteiger partial charge in [0.05, 0.1) is 5.02 Å². The van der Waals surface area contributed by atoms with Crippen molar-refractivity contribution in [3.05, 3.63) is 33.3 Å². The van der Waals surface area contributed by atoms with E-state index in [1.54, 1.807) is 18.2 Å². The maximum atomic E-state index is 7.12. The molecule has 0 spiro atoms. The Morgan fingerprint density at radius 3 is 2.64 bits per heavy atom. The molecule has 2 nitrogen and oxygen atoms in total. The van der Waals surface area contributed by atoms with Crippen LogP contribution in [0.15, 0.2) is 22.7 Å². The molecule has 0 bridgehead atoms. The molecule has 0 amide bonds. The standard InChI is InChI=1S/C7H6BrClN2/c8-4-1-2-5(7(10)11)6(9)3-4/h1-3H,(H3,10,11). The predicted octanol–water partition coefficient (Wildman–Crippen LogP) is 2.39. The van der Waals surface area contributed by atoms with Crippen molar-refractivity contribution in [2.24, 2.45) is 5.73 Å². The predicted molar refractivity (Wildman–Crippen MR) is 50.2 cm³/mol. The third-order valence-electron chi connectivity index (χ3n) is 1.22. The molecule has 1 aromatic carbocycles. The van der Waals surface area contributed by atoms with Crippen molar-refractivity contribution in [2.75, 3.05) is 0 Å². The summed E-state index contributed by atoms with van der Waals surface area (Å²) < 4.78 is 0.882. The molecule has 0 aliphatic carbocycles. The lowest BCUT2D eigenvalue weighted by atomic mass is 10.2. The highest BCUT2D eigenvalue weighted by atomic mass is 79.9. The molecule has 0 heterocycles. The minimum Gasteiger partial charge on any atom is -0.384 e. The average molecular weight is 233 g/mol. The SMILES string of the molecule is N=C(N)c1ccc(Br)cc1Cl. The number of halogens is 2. The second-order valence-corrected chi connectivity index (χ2v) is 3.36. The molecule has 3 N–H and O–H groups in total. The number of rotatable bonds is 1. The van der Waals surface area contributed by atoms with Gasteiger partial charge in [-0.1, -0.05) is 27.5 Å². The molecule has 0 aromatic heterocycles. The van der Waals surface area contributed by atoms with Crippen LogP contribution in [0.25, 0.3) is 0 Å². The van der Waals surface area contributed by atoms with E-state index >= 15 is 0 Å². The molecule has 1 rings (SSSR count). The van der Waals surface area contributed by atoms with E-state index in [-0.39, 0.29) is 5.84 Å². The summed E-state index contributed by atoms with van der Waals surface area (Å²) in [6.07, 6.45) is 0. The van der Waals surface area contributed by atoms with Crippen LogP contribution in [0.1, 0.15) is 5.56 Å². The second kappa shape index (κ2) is 3.24. The molecule has 0 radical (unpaired) electrons. The highest BCUT2D eigenvalue weighted by Gasteiger charge is 2.02. The first kappa shape index (κ1) is 8.56. The fraction of sp³-hybridized carbons (Fsp3) is 0. The van der Waals surface area contributed by atoms with Crippen molar-refractivity contribution < 1.29 is 0 Å². The van der Waals surface area contributed by atoms with Crippen LogP contribution >= 0.6 is 27.5 Å². The zero-order valence-corrected chi connectivity index (χ0v) is 7.91. The van der Waals surface area contributed by atoms with E-state index in [0.29, 0.717) is 10.6 Å². The monoisotopic (exact) mass is 232 g/mol. The highest BCUT2D eigenvalue weighted by Crippen LogP contribution is 2.20. The fourth-order valence-corrected chi connectivity index (χ4v) is 1.48. The Morgan fingerprint density at radius 1 is 1.55 bits per heavy atom. The average Bonchev–Trinajstić information content (AvgIpc) is 1.85. The molecule has 0 fully saturated rings. The van der Waals surface area contributed by atoms with Gasteiger partial charge in [-0.05, 0) is 18.2 Å². The Balaban J connectivity index is 3.20. The van der Waals surface area contributed by atoms with Crippen molar-refractivity contribution >= 4 is 33.4 Å². The first-order valence-electron chi connectivity index (χ1n) is 2.90. The third-order valence-corrected chi connectivity index (χ3v) is 2.03. The van der Waals surface area contributed by atoms with Crippen molar-refractivity contribution in [1.29, 1.82) is 5.41 Å². The Bertz CT molecular complexity index is 298. The summed E-state index contributed by atoms with van der Waals surface area (Å²) in [6.45, 7) is 0. The van der Waals surface area contributed by atoms with Crippen LogP contribution < -0.4 is 5.73 Å². The molecule has 0 saturated carbocycles. The lowest BCUT2D eigenvalue weighted by Crippen LogP contribution is -2.11. The van der Waals surface area contributed by atoms with Crippen LogP contribution in [0.4, 0.5) is 0 Å². The van der Waals surface area contributed by atoms with Crippen LogP contribution in [0, 0.1) is 5.41 Å². The Morgan fingerprint density at radius 2 is 2.18 bits per heavy atom. The molecule has 0 unspecified atom stereocenters. The van der Waals surface area contributed by atoms with Gasteiger partial charge in [0.25, 0.3) is 0 Å². The molecule has 0 saturated heterocycles. The molecular weight excluding hydrogens is 227 g/mol. The third kappa shape index (κ3) is 1.94. The number of nitrogens with two attached hydrogens (primary N) is 1. The van der Waals surface area contributed by atoms with E-state index in [0.717, 1.165) is 4.47 Å². The van der Waals surface area contributed by atoms with Crippen molar-refractivity contribution in [2.45, 2.75) is 0 Å². The topological polar surface area (TPSA) is 49.9 Å². The van der Waals surface area contributed by atoms with E-state index < -0.39 is 0 Å². The molecule has 0 aliphatic heterocycles. The van der Waals surface area contributed by atoms with Gasteiger partial charge in [0, 0.05) is 10.0 Å². The molecular formula is C7H6BrClN2. The summed E-state index contributed by atoms with van der Waals surface area (Å²) >= 11 is 9.02. The zero-order valence-electron chi connectivity index (χ0n) is 5.57. The summed E-state index contributed by atoms with van der Waals surface area (Å²) in [7, 11) is 0. The van der Waals surface area contributed by atoms with E-state index in [4.69, 9.17) is 22.7 Å². The first-order chi connectivity index (χ1) is 5.11. The van der Waals surface area contributed by atoms with Gasteiger partial charge in [0.2, 0.25) is 0 Å². The molecule has 11 heavy (non-hydrogen) atoms. The second-order valence-electron chi connectivity index (χ2n) is 2.04. The van der Waals surface area contributed by atoms with Gasteiger partial charge < -0.3 is 5.73 Å². The molecule has 0 aliphatic rings. The van der Waals surface area contributed by atoms with Crippen LogP contribution in [0.5, 0.6) is 0 Å². The van der Waals surface area contributed by atoms with Gasteiger partial charge in [-0.25, -0.2) is 0 Å². The normalized spacial score (nSPS) is 9.64. The van der Waals surface area contributed by atoms with Gasteiger partial charge >= 0.3 is 0 Å². The number of nitrogen functional groups attached to an aromatic ring is 1. The van der Waals surface area contributed by atoms with Crippen LogP contribution in [0.2, 0.25) is 5.02 Å². The van der Waals surface area contributed by atoms with Gasteiger partial charge in [0.1, 0.15) is 5.84 Å². The van der Waals surface area contributed by atoms with E-state index in [2.05, 4.69) is 15.9 Å². The number of amidine groups is 1. The summed E-state index contributed by atoms with van der Waals surface area (Å²) in [5.74, 6) is -0.0116. The number of hydrogen-bond donors (Lipinski definition) is 2. The summed E-state index contributed by atoms with van der Waals surface area (Å²) in [6, 6.07) is 5.20. The highest BCUT2D eigenvalue weighted by molar-refractivity contribution is 9.10. The number of benzene rings is 1. The smallest absolute Gasteiger partial charge is 0.124 e. The molecule has 4 heteroatoms. The lowest BCUT2D eigenvalue weighted by molar-refractivity contribution is 1.42. The molecule has 58 valence electrons. The maximum absolute atomic E-state index is 7.12. The van der Waals surface area contributed by atoms with E-state index in [1.807, 2.05) is 0 Å². The van der Waals surface area contributed by atoms with Crippen molar-refractivity contribution in [3.8, 4) is 0 Å². The Hall–Kier alpha value is -0.540. The number of nitrogens with one attached hydrogen (secondary N) is 1. The van der Waals surface area contributed by atoms with Gasteiger partial charge in [0.15, 0.2) is 0 Å². The summed E-state index contributed by atoms with van der Waals surface area (Å²) in [4.78, 5) is 0. The molecule has 0 atom stereocenters. The van der Waals surface area contributed by atoms with Gasteiger partial charge in [-0.2, -0.15) is 0 Å². The maximum Gasteiger partial charge on any atom is 0.124 e. The van der Waals surface area contributed by atoms with Crippen LogP contribution in [-0.4, -0.2) is 5.84 Å². The number of hydrogen-bond acceptors (Lipinski definition) is 1. The van der Waals surface area contributed by atoms with Crippen molar-refractivity contribution in [1.82, 2.24) is 0 Å².